The molecule has 1 N–H and O–H groups in total. The Morgan fingerprint density at radius 3 is 2.75 bits per heavy atom. The van der Waals surface area contributed by atoms with E-state index in [0.29, 0.717) is 12.1 Å². The number of nitrogens with zero attached hydrogens (tertiary/aromatic N) is 1. The summed E-state index contributed by atoms with van der Waals surface area (Å²) in [7, 11) is 1.79. The number of morpholine rings is 1. The molecule has 20 heavy (non-hydrogen) atoms. The summed E-state index contributed by atoms with van der Waals surface area (Å²) < 4.78 is 11.9. The van der Waals surface area contributed by atoms with Gasteiger partial charge >= 0.3 is 0 Å². The highest BCUT2D eigenvalue weighted by Crippen LogP contribution is 2.32. The van der Waals surface area contributed by atoms with Crippen LogP contribution in [-0.4, -0.2) is 45.6 Å². The van der Waals surface area contributed by atoms with Crippen molar-refractivity contribution in [2.75, 3.05) is 43.6 Å². The molecule has 1 saturated heterocycles. The number of anilines is 2. The minimum atomic E-state index is 0.425. The molecule has 1 aromatic rings. The van der Waals surface area contributed by atoms with Gasteiger partial charge in [0.15, 0.2) is 0 Å². The molecule has 0 bridgehead atoms. The molecule has 0 atom stereocenters. The van der Waals surface area contributed by atoms with E-state index in [0.717, 1.165) is 43.6 Å². The van der Waals surface area contributed by atoms with Crippen molar-refractivity contribution in [3.05, 3.63) is 22.7 Å². The molecule has 1 aliphatic carbocycles. The zero-order valence-electron chi connectivity index (χ0n) is 11.8. The van der Waals surface area contributed by atoms with Crippen LogP contribution in [0.2, 0.25) is 0 Å². The van der Waals surface area contributed by atoms with Gasteiger partial charge in [0.25, 0.3) is 0 Å². The number of halogens is 1. The van der Waals surface area contributed by atoms with E-state index in [9.17, 15) is 0 Å². The van der Waals surface area contributed by atoms with Crippen molar-refractivity contribution in [2.24, 2.45) is 0 Å². The van der Waals surface area contributed by atoms with E-state index in [2.05, 4.69) is 44.3 Å². The monoisotopic (exact) mass is 340 g/mol. The molecule has 1 aromatic carbocycles. The van der Waals surface area contributed by atoms with Gasteiger partial charge in [0.1, 0.15) is 0 Å². The number of methoxy groups -OCH3 is 1. The Morgan fingerprint density at radius 2 is 2.05 bits per heavy atom. The minimum Gasteiger partial charge on any atom is -0.381 e. The lowest BCUT2D eigenvalue weighted by Crippen LogP contribution is -2.40. The molecule has 0 spiro atoms. The molecular weight excluding hydrogens is 320 g/mol. The molecule has 2 aliphatic rings. The molecule has 4 nitrogen and oxygen atoms in total. The maximum Gasteiger partial charge on any atom is 0.0642 e. The standard InChI is InChI=1S/C15H21BrN2O2/c1-19-13-8-11(9-13)17-15-10-12(2-3-14(15)16)18-4-6-20-7-5-18/h2-3,10-11,13,17H,4-9H2,1H3. The van der Waals surface area contributed by atoms with Gasteiger partial charge < -0.3 is 19.7 Å². The molecule has 0 amide bonds. The molecule has 3 rings (SSSR count). The van der Waals surface area contributed by atoms with Crippen LogP contribution in [0, 0.1) is 0 Å². The second kappa shape index (κ2) is 6.33. The van der Waals surface area contributed by atoms with Gasteiger partial charge in [-0.3, -0.25) is 0 Å². The third-order valence-electron chi connectivity index (χ3n) is 4.11. The van der Waals surface area contributed by atoms with Crippen LogP contribution < -0.4 is 10.2 Å². The first-order chi connectivity index (χ1) is 9.76. The first-order valence-corrected chi connectivity index (χ1v) is 7.97. The van der Waals surface area contributed by atoms with Gasteiger partial charge in [0.05, 0.1) is 25.0 Å². The topological polar surface area (TPSA) is 33.7 Å². The number of nitrogens with one attached hydrogen (secondary N) is 1. The zero-order valence-corrected chi connectivity index (χ0v) is 13.4. The van der Waals surface area contributed by atoms with Crippen LogP contribution in [0.1, 0.15) is 12.8 Å². The third-order valence-corrected chi connectivity index (χ3v) is 4.81. The van der Waals surface area contributed by atoms with Crippen molar-refractivity contribution in [3.8, 4) is 0 Å². The van der Waals surface area contributed by atoms with Gasteiger partial charge in [-0.05, 0) is 47.0 Å². The molecule has 5 heteroatoms. The fraction of sp³-hybridized carbons (Fsp3) is 0.600. The average Bonchev–Trinajstić information content (AvgIpc) is 2.45. The Balaban J connectivity index is 1.67. The summed E-state index contributed by atoms with van der Waals surface area (Å²) in [5.74, 6) is 0. The van der Waals surface area contributed by atoms with E-state index >= 15 is 0 Å². The molecule has 1 aliphatic heterocycles. The first kappa shape index (κ1) is 14.2. The summed E-state index contributed by atoms with van der Waals surface area (Å²) in [4.78, 5) is 2.37. The van der Waals surface area contributed by atoms with Crippen LogP contribution >= 0.6 is 15.9 Å². The van der Waals surface area contributed by atoms with Crippen LogP contribution in [-0.2, 0) is 9.47 Å². The first-order valence-electron chi connectivity index (χ1n) is 7.18. The molecule has 0 radical (unpaired) electrons. The van der Waals surface area contributed by atoms with Crippen molar-refractivity contribution < 1.29 is 9.47 Å². The lowest BCUT2D eigenvalue weighted by molar-refractivity contribution is 0.0328. The van der Waals surface area contributed by atoms with Gasteiger partial charge in [0, 0.05) is 36.4 Å². The predicted molar refractivity (Wildman–Crippen MR) is 84.6 cm³/mol. The molecule has 1 heterocycles. The lowest BCUT2D eigenvalue weighted by atomic mass is 9.89. The fourth-order valence-corrected chi connectivity index (χ4v) is 3.10. The summed E-state index contributed by atoms with van der Waals surface area (Å²) in [5, 5.41) is 3.61. The SMILES string of the molecule is COC1CC(Nc2cc(N3CCOCC3)ccc2Br)C1. The van der Waals surface area contributed by atoms with Gasteiger partial charge in [0.2, 0.25) is 0 Å². The zero-order chi connectivity index (χ0) is 13.9. The average molecular weight is 341 g/mol. The number of benzene rings is 1. The van der Waals surface area contributed by atoms with Gasteiger partial charge in [-0.15, -0.1) is 0 Å². The Labute approximate surface area is 128 Å². The van der Waals surface area contributed by atoms with Crippen molar-refractivity contribution in [1.29, 1.82) is 0 Å². The van der Waals surface area contributed by atoms with E-state index in [1.54, 1.807) is 7.11 Å². The largest absolute Gasteiger partial charge is 0.381 e. The number of hydrogen-bond acceptors (Lipinski definition) is 4. The highest BCUT2D eigenvalue weighted by atomic mass is 79.9. The van der Waals surface area contributed by atoms with E-state index in [4.69, 9.17) is 9.47 Å². The summed E-state index contributed by atoms with van der Waals surface area (Å²) in [6.45, 7) is 3.57. The predicted octanol–water partition coefficient (Wildman–Crippen LogP) is 2.88. The van der Waals surface area contributed by atoms with Crippen molar-refractivity contribution in [2.45, 2.75) is 25.0 Å². The number of ether oxygens (including phenoxy) is 2. The molecule has 2 fully saturated rings. The van der Waals surface area contributed by atoms with Gasteiger partial charge in [-0.25, -0.2) is 0 Å². The molecule has 0 unspecified atom stereocenters. The number of rotatable bonds is 4. The Hall–Kier alpha value is -0.780. The highest BCUT2D eigenvalue weighted by molar-refractivity contribution is 9.10. The Kier molecular flexibility index (Phi) is 4.48. The second-order valence-electron chi connectivity index (χ2n) is 5.43. The molecule has 0 aromatic heterocycles. The smallest absolute Gasteiger partial charge is 0.0642 e. The van der Waals surface area contributed by atoms with Crippen LogP contribution in [0.3, 0.4) is 0 Å². The Morgan fingerprint density at radius 1 is 1.30 bits per heavy atom. The summed E-state index contributed by atoms with van der Waals surface area (Å²) in [5.41, 5.74) is 2.44. The maximum atomic E-state index is 5.41. The molecule has 110 valence electrons. The van der Waals surface area contributed by atoms with E-state index in [1.165, 1.54) is 11.4 Å². The fourth-order valence-electron chi connectivity index (χ4n) is 2.74. The summed E-state index contributed by atoms with van der Waals surface area (Å²) in [6.07, 6.45) is 2.60. The van der Waals surface area contributed by atoms with E-state index in [1.807, 2.05) is 0 Å². The van der Waals surface area contributed by atoms with E-state index < -0.39 is 0 Å². The van der Waals surface area contributed by atoms with Crippen molar-refractivity contribution >= 4 is 27.3 Å². The maximum absolute atomic E-state index is 5.41. The van der Waals surface area contributed by atoms with Crippen molar-refractivity contribution in [1.82, 2.24) is 0 Å². The summed E-state index contributed by atoms with van der Waals surface area (Å²) in [6, 6.07) is 7.05. The molecule has 1 saturated carbocycles. The van der Waals surface area contributed by atoms with Crippen LogP contribution in [0.15, 0.2) is 22.7 Å². The summed E-state index contributed by atoms with van der Waals surface area (Å²) >= 11 is 3.63. The quantitative estimate of drug-likeness (QED) is 0.913. The van der Waals surface area contributed by atoms with Gasteiger partial charge in [-0.2, -0.15) is 0 Å². The highest BCUT2D eigenvalue weighted by Gasteiger charge is 2.29. The lowest BCUT2D eigenvalue weighted by Gasteiger charge is -2.36. The Bertz CT molecular complexity index is 457. The van der Waals surface area contributed by atoms with Crippen LogP contribution in [0.4, 0.5) is 11.4 Å². The number of hydrogen-bond donors (Lipinski definition) is 1. The van der Waals surface area contributed by atoms with Crippen LogP contribution in [0.25, 0.3) is 0 Å². The van der Waals surface area contributed by atoms with Crippen LogP contribution in [0.5, 0.6) is 0 Å². The minimum absolute atomic E-state index is 0.425. The van der Waals surface area contributed by atoms with E-state index in [-0.39, 0.29) is 0 Å². The third kappa shape index (κ3) is 3.10. The normalized spacial score (nSPS) is 26.2. The molecular formula is C15H21BrN2O2. The second-order valence-corrected chi connectivity index (χ2v) is 6.29. The van der Waals surface area contributed by atoms with Crippen molar-refractivity contribution in [3.63, 3.8) is 0 Å². The van der Waals surface area contributed by atoms with Gasteiger partial charge in [-0.1, -0.05) is 0 Å².